The van der Waals surface area contributed by atoms with Crippen molar-refractivity contribution < 1.29 is 0 Å². The molecule has 0 unspecified atom stereocenters. The van der Waals surface area contributed by atoms with Crippen molar-refractivity contribution in [2.45, 2.75) is 20.8 Å². The van der Waals surface area contributed by atoms with E-state index in [0.29, 0.717) is 0 Å². The average molecular weight is 341 g/mol. The molecule has 23 heavy (non-hydrogen) atoms. The van der Waals surface area contributed by atoms with Gasteiger partial charge in [-0.1, -0.05) is 72.8 Å². The second-order valence-corrected chi connectivity index (χ2v) is 7.81. The summed E-state index contributed by atoms with van der Waals surface area (Å²) >= 11 is 0. The lowest BCUT2D eigenvalue weighted by Crippen LogP contribution is -2.25. The van der Waals surface area contributed by atoms with Crippen molar-refractivity contribution in [3.05, 3.63) is 89.5 Å². The number of hydrogen-bond donors (Lipinski definition) is 0. The zero-order valence-electron chi connectivity index (χ0n) is 13.8. The molecule has 0 aliphatic rings. The Morgan fingerprint density at radius 1 is 0.478 bits per heavy atom. The van der Waals surface area contributed by atoms with Gasteiger partial charge in [-0.05, 0) is 61.3 Å². The van der Waals surface area contributed by atoms with Gasteiger partial charge in [-0.3, -0.25) is 0 Å². The van der Waals surface area contributed by atoms with Gasteiger partial charge in [0.25, 0.3) is 0 Å². The van der Waals surface area contributed by atoms with Crippen LogP contribution in [-0.4, -0.2) is 0 Å². The van der Waals surface area contributed by atoms with Crippen LogP contribution in [0.25, 0.3) is 0 Å². The lowest BCUT2D eigenvalue weighted by molar-refractivity contribution is 1.49. The summed E-state index contributed by atoms with van der Waals surface area (Å²) in [5.41, 5.74) is 4.13. The fourth-order valence-corrected chi connectivity index (χ4v) is 5.60. The van der Waals surface area contributed by atoms with E-state index in [9.17, 15) is 0 Å². The van der Waals surface area contributed by atoms with Crippen LogP contribution < -0.4 is 15.9 Å². The molecule has 0 bridgehead atoms. The summed E-state index contributed by atoms with van der Waals surface area (Å²) in [5, 5.41) is 4.38. The highest BCUT2D eigenvalue weighted by Crippen LogP contribution is 2.36. The summed E-state index contributed by atoms with van der Waals surface area (Å²) < 4.78 is 0. The van der Waals surface area contributed by atoms with Crippen LogP contribution in [0.2, 0.25) is 0 Å². The van der Waals surface area contributed by atoms with E-state index in [1.165, 1.54) is 32.6 Å². The third kappa shape index (κ3) is 3.66. The minimum Gasteiger partial charge on any atom is -0.147 e. The van der Waals surface area contributed by atoms with Gasteiger partial charge >= 0.3 is 0 Å². The summed E-state index contributed by atoms with van der Waals surface area (Å²) in [6, 6.07) is 26.4. The highest BCUT2D eigenvalue weighted by Gasteiger charge is 2.20. The predicted molar refractivity (Wildman–Crippen MR) is 107 cm³/mol. The number of rotatable bonds is 3. The highest BCUT2D eigenvalue weighted by molar-refractivity contribution is 7.80. The van der Waals surface area contributed by atoms with Crippen LogP contribution in [0.5, 0.6) is 0 Å². The molecule has 0 nitrogen and oxygen atoms in total. The van der Waals surface area contributed by atoms with Gasteiger partial charge in [0.05, 0.1) is 0 Å². The average Bonchev–Trinajstić information content (AvgIpc) is 2.53. The fraction of sp³-hybridized carbons (Fsp3) is 0.143. The SMILES string of the molecule is Cc1ccccc1P(c1ccccc1C)c1ccccc1C.Cl. The number of halogens is 1. The second kappa shape index (κ2) is 7.77. The van der Waals surface area contributed by atoms with Crippen molar-refractivity contribution in [3.63, 3.8) is 0 Å². The number of aryl methyl sites for hydroxylation is 3. The van der Waals surface area contributed by atoms with Gasteiger partial charge in [0.15, 0.2) is 0 Å². The van der Waals surface area contributed by atoms with Gasteiger partial charge in [-0.2, -0.15) is 0 Å². The Kier molecular flexibility index (Phi) is 5.99. The van der Waals surface area contributed by atoms with E-state index in [1.54, 1.807) is 0 Å². The zero-order valence-corrected chi connectivity index (χ0v) is 15.5. The van der Waals surface area contributed by atoms with E-state index >= 15 is 0 Å². The van der Waals surface area contributed by atoms with Crippen molar-refractivity contribution in [2.75, 3.05) is 0 Å². The van der Waals surface area contributed by atoms with E-state index < -0.39 is 7.92 Å². The van der Waals surface area contributed by atoms with E-state index in [0.717, 1.165) is 0 Å². The molecule has 2 heteroatoms. The predicted octanol–water partition coefficient (Wildman–Crippen LogP) is 4.79. The Balaban J connectivity index is 0.00000192. The van der Waals surface area contributed by atoms with Crippen molar-refractivity contribution >= 4 is 36.2 Å². The van der Waals surface area contributed by atoms with E-state index in [4.69, 9.17) is 0 Å². The minimum atomic E-state index is -0.508. The van der Waals surface area contributed by atoms with Crippen molar-refractivity contribution in [2.24, 2.45) is 0 Å². The molecular weight excluding hydrogens is 319 g/mol. The molecule has 0 N–H and O–H groups in total. The quantitative estimate of drug-likeness (QED) is 0.601. The number of benzene rings is 3. The van der Waals surface area contributed by atoms with Crippen LogP contribution in [0, 0.1) is 20.8 Å². The molecule has 3 aromatic rings. The molecule has 0 saturated heterocycles. The molecule has 0 aliphatic carbocycles. The van der Waals surface area contributed by atoms with E-state index in [1.807, 2.05) is 0 Å². The second-order valence-electron chi connectivity index (χ2n) is 5.69. The Bertz CT molecular complexity index is 687. The Labute approximate surface area is 146 Å². The maximum absolute atomic E-state index is 2.29. The third-order valence-corrected chi connectivity index (χ3v) is 7.02. The summed E-state index contributed by atoms with van der Waals surface area (Å²) in [4.78, 5) is 0. The molecule has 0 heterocycles. The largest absolute Gasteiger partial charge is 0.147 e. The molecule has 118 valence electrons. The van der Waals surface area contributed by atoms with Crippen LogP contribution >= 0.6 is 20.3 Å². The minimum absolute atomic E-state index is 0. The Morgan fingerprint density at radius 2 is 0.739 bits per heavy atom. The first-order valence-electron chi connectivity index (χ1n) is 7.65. The maximum atomic E-state index is 2.29. The van der Waals surface area contributed by atoms with Crippen molar-refractivity contribution in [1.29, 1.82) is 0 Å². The van der Waals surface area contributed by atoms with Crippen molar-refractivity contribution in [1.82, 2.24) is 0 Å². The summed E-state index contributed by atoms with van der Waals surface area (Å²) in [5.74, 6) is 0. The normalized spacial score (nSPS) is 10.4. The van der Waals surface area contributed by atoms with Gasteiger partial charge < -0.3 is 0 Å². The molecule has 0 atom stereocenters. The molecule has 3 rings (SSSR count). The lowest BCUT2D eigenvalue weighted by atomic mass is 10.2. The standard InChI is InChI=1S/C21H21P.ClH/c1-16-10-4-7-13-19(16)22(20-14-8-5-11-17(20)2)21-15-9-6-12-18(21)3;/h4-15H,1-3H3;1H. The molecule has 0 amide bonds. The molecule has 0 fully saturated rings. The molecule has 3 aromatic carbocycles. The highest BCUT2D eigenvalue weighted by atomic mass is 35.5. The summed E-state index contributed by atoms with van der Waals surface area (Å²) in [6.45, 7) is 6.67. The Morgan fingerprint density at radius 3 is 1.00 bits per heavy atom. The first-order valence-corrected chi connectivity index (χ1v) is 8.99. The smallest absolute Gasteiger partial charge is 0.0122 e. The summed E-state index contributed by atoms with van der Waals surface area (Å²) in [7, 11) is -0.508. The van der Waals surface area contributed by atoms with E-state index in [2.05, 4.69) is 93.6 Å². The first kappa shape index (κ1) is 17.7. The van der Waals surface area contributed by atoms with Crippen LogP contribution in [0.3, 0.4) is 0 Å². The zero-order chi connectivity index (χ0) is 15.5. The maximum Gasteiger partial charge on any atom is -0.0122 e. The van der Waals surface area contributed by atoms with Crippen LogP contribution in [0.4, 0.5) is 0 Å². The van der Waals surface area contributed by atoms with Gasteiger partial charge in [0.1, 0.15) is 0 Å². The van der Waals surface area contributed by atoms with Gasteiger partial charge in [-0.25, -0.2) is 0 Å². The Hall–Kier alpha value is -1.62. The van der Waals surface area contributed by atoms with Gasteiger partial charge in [-0.15, -0.1) is 12.4 Å². The molecule has 0 aliphatic heterocycles. The molecule has 0 radical (unpaired) electrons. The molecule has 0 saturated carbocycles. The fourth-order valence-electron chi connectivity index (χ4n) is 2.83. The van der Waals surface area contributed by atoms with Gasteiger partial charge in [0.2, 0.25) is 0 Å². The first-order chi connectivity index (χ1) is 10.7. The van der Waals surface area contributed by atoms with Gasteiger partial charge in [0, 0.05) is 0 Å². The lowest BCUT2D eigenvalue weighted by Gasteiger charge is -2.24. The monoisotopic (exact) mass is 340 g/mol. The molecular formula is C21H22ClP. The van der Waals surface area contributed by atoms with Crippen LogP contribution in [-0.2, 0) is 0 Å². The van der Waals surface area contributed by atoms with Crippen molar-refractivity contribution in [3.8, 4) is 0 Å². The number of hydrogen-bond acceptors (Lipinski definition) is 0. The summed E-state index contributed by atoms with van der Waals surface area (Å²) in [6.07, 6.45) is 0. The van der Waals surface area contributed by atoms with E-state index in [-0.39, 0.29) is 12.4 Å². The topological polar surface area (TPSA) is 0 Å². The third-order valence-electron chi connectivity index (χ3n) is 4.07. The van der Waals surface area contributed by atoms with Crippen LogP contribution in [0.1, 0.15) is 16.7 Å². The van der Waals surface area contributed by atoms with Crippen LogP contribution in [0.15, 0.2) is 72.8 Å². The molecule has 0 aromatic heterocycles. The molecule has 0 spiro atoms.